The Bertz CT molecular complexity index is 1100. The highest BCUT2D eigenvalue weighted by Crippen LogP contribution is 2.24. The summed E-state index contributed by atoms with van der Waals surface area (Å²) in [6, 6.07) is 17.3. The van der Waals surface area contributed by atoms with Crippen LogP contribution >= 0.6 is 11.8 Å². The monoisotopic (exact) mass is 464 g/mol. The maximum absolute atomic E-state index is 12.9. The molecule has 1 saturated heterocycles. The van der Waals surface area contributed by atoms with Crippen LogP contribution in [0.25, 0.3) is 11.3 Å². The first-order valence-corrected chi connectivity index (χ1v) is 12.1. The molecule has 0 saturated carbocycles. The molecular formula is C25H28N4O3S. The maximum Gasteiger partial charge on any atom is 0.289 e. The highest BCUT2D eigenvalue weighted by molar-refractivity contribution is 7.98. The van der Waals surface area contributed by atoms with Crippen molar-refractivity contribution < 1.29 is 14.0 Å². The lowest BCUT2D eigenvalue weighted by atomic mass is 10.1. The van der Waals surface area contributed by atoms with E-state index in [4.69, 9.17) is 4.42 Å². The lowest BCUT2D eigenvalue weighted by Gasteiger charge is -2.40. The van der Waals surface area contributed by atoms with Crippen LogP contribution in [0.3, 0.4) is 0 Å². The molecule has 7 nitrogen and oxygen atoms in total. The Kier molecular flexibility index (Phi) is 7.13. The van der Waals surface area contributed by atoms with Crippen molar-refractivity contribution in [2.24, 2.45) is 5.92 Å². The van der Waals surface area contributed by atoms with Gasteiger partial charge in [-0.1, -0.05) is 55.9 Å². The third-order valence-electron chi connectivity index (χ3n) is 5.64. The van der Waals surface area contributed by atoms with Crippen molar-refractivity contribution in [3.8, 4) is 11.3 Å². The Labute approximate surface area is 198 Å². The predicted octanol–water partition coefficient (Wildman–Crippen LogP) is 4.36. The number of rotatable bonds is 6. The molecule has 0 bridgehead atoms. The average Bonchev–Trinajstić information content (AvgIpc) is 3.31. The number of hydrogen-bond acceptors (Lipinski definition) is 6. The van der Waals surface area contributed by atoms with Crippen molar-refractivity contribution in [1.29, 1.82) is 0 Å². The van der Waals surface area contributed by atoms with E-state index in [0.29, 0.717) is 36.9 Å². The SMILES string of the molecule is CC(C)C(=O)N1CCN(C(=O)c2ccc(CSc3ccc(-c4ccccc4)nn3)o2)CC1C. The van der Waals surface area contributed by atoms with Crippen LogP contribution in [0.15, 0.2) is 64.0 Å². The number of thioether (sulfide) groups is 1. The van der Waals surface area contributed by atoms with Gasteiger partial charge in [-0.2, -0.15) is 0 Å². The summed E-state index contributed by atoms with van der Waals surface area (Å²) in [5.74, 6) is 1.54. The van der Waals surface area contributed by atoms with Gasteiger partial charge < -0.3 is 14.2 Å². The van der Waals surface area contributed by atoms with Gasteiger partial charge in [0, 0.05) is 37.2 Å². The minimum atomic E-state index is -0.137. The molecule has 2 amide bonds. The zero-order chi connectivity index (χ0) is 23.4. The van der Waals surface area contributed by atoms with Gasteiger partial charge in [-0.15, -0.1) is 10.2 Å². The van der Waals surface area contributed by atoms with E-state index < -0.39 is 0 Å². The van der Waals surface area contributed by atoms with Gasteiger partial charge in [-0.25, -0.2) is 0 Å². The molecule has 1 aliphatic rings. The highest BCUT2D eigenvalue weighted by Gasteiger charge is 2.32. The first-order chi connectivity index (χ1) is 15.9. The predicted molar refractivity (Wildman–Crippen MR) is 128 cm³/mol. The summed E-state index contributed by atoms with van der Waals surface area (Å²) >= 11 is 1.51. The normalized spacial score (nSPS) is 16.3. The van der Waals surface area contributed by atoms with Crippen LogP contribution in [-0.4, -0.2) is 57.5 Å². The summed E-state index contributed by atoms with van der Waals surface area (Å²) in [5.41, 5.74) is 1.86. The number of furan rings is 1. The molecule has 0 N–H and O–H groups in total. The van der Waals surface area contributed by atoms with Crippen LogP contribution in [0.2, 0.25) is 0 Å². The standard InChI is InChI=1S/C25H28N4O3S/c1-17(2)24(30)29-14-13-28(15-18(29)3)25(31)22-11-9-20(32-22)16-33-23-12-10-21(26-27-23)19-7-5-4-6-8-19/h4-12,17-18H,13-16H2,1-3H3. The first kappa shape index (κ1) is 23.0. The Morgan fingerprint density at radius 1 is 1.06 bits per heavy atom. The Balaban J connectivity index is 1.32. The molecule has 0 radical (unpaired) electrons. The highest BCUT2D eigenvalue weighted by atomic mass is 32.2. The second-order valence-electron chi connectivity index (χ2n) is 8.46. The summed E-state index contributed by atoms with van der Waals surface area (Å²) in [5, 5.41) is 9.38. The van der Waals surface area contributed by atoms with Crippen LogP contribution in [-0.2, 0) is 10.5 Å². The number of nitrogens with zero attached hydrogens (tertiary/aromatic N) is 4. The summed E-state index contributed by atoms with van der Waals surface area (Å²) in [6.07, 6.45) is 0. The molecule has 2 aromatic heterocycles. The van der Waals surface area contributed by atoms with Crippen molar-refractivity contribution in [2.75, 3.05) is 19.6 Å². The summed E-state index contributed by atoms with van der Waals surface area (Å²) in [7, 11) is 0. The van der Waals surface area contributed by atoms with Gasteiger partial charge in [0.15, 0.2) is 5.76 Å². The molecule has 33 heavy (non-hydrogen) atoms. The van der Waals surface area contributed by atoms with E-state index in [1.165, 1.54) is 11.8 Å². The van der Waals surface area contributed by atoms with Gasteiger partial charge in [-0.05, 0) is 31.2 Å². The number of carbonyl (C=O) groups is 2. The Hall–Kier alpha value is -3.13. The third kappa shape index (κ3) is 5.45. The van der Waals surface area contributed by atoms with Gasteiger partial charge in [0.05, 0.1) is 11.4 Å². The number of hydrogen-bond donors (Lipinski definition) is 0. The van der Waals surface area contributed by atoms with Crippen molar-refractivity contribution in [3.05, 3.63) is 66.1 Å². The van der Waals surface area contributed by atoms with E-state index >= 15 is 0 Å². The van der Waals surface area contributed by atoms with Gasteiger partial charge in [0.1, 0.15) is 10.8 Å². The van der Waals surface area contributed by atoms with E-state index in [0.717, 1.165) is 16.3 Å². The molecule has 0 spiro atoms. The zero-order valence-corrected chi connectivity index (χ0v) is 19.9. The van der Waals surface area contributed by atoms with Crippen molar-refractivity contribution in [3.63, 3.8) is 0 Å². The molecule has 3 heterocycles. The van der Waals surface area contributed by atoms with Gasteiger partial charge in [-0.3, -0.25) is 9.59 Å². The zero-order valence-electron chi connectivity index (χ0n) is 19.1. The summed E-state index contributed by atoms with van der Waals surface area (Å²) < 4.78 is 5.82. The first-order valence-electron chi connectivity index (χ1n) is 11.1. The molecule has 1 aliphatic heterocycles. The average molecular weight is 465 g/mol. The van der Waals surface area contributed by atoms with Crippen LogP contribution in [0.5, 0.6) is 0 Å². The fourth-order valence-electron chi connectivity index (χ4n) is 3.83. The van der Waals surface area contributed by atoms with Crippen molar-refractivity contribution >= 4 is 23.6 Å². The molecule has 4 rings (SSSR count). The molecule has 172 valence electrons. The number of piperazine rings is 1. The third-order valence-corrected chi connectivity index (χ3v) is 6.58. The molecule has 8 heteroatoms. The molecule has 1 fully saturated rings. The lowest BCUT2D eigenvalue weighted by molar-refractivity contribution is -0.138. The van der Waals surface area contributed by atoms with Gasteiger partial charge >= 0.3 is 0 Å². The fourth-order valence-corrected chi connectivity index (χ4v) is 4.54. The van der Waals surface area contributed by atoms with Crippen LogP contribution in [0.1, 0.15) is 37.1 Å². The van der Waals surface area contributed by atoms with E-state index in [2.05, 4.69) is 10.2 Å². The fraction of sp³-hybridized carbons (Fsp3) is 0.360. The Morgan fingerprint density at radius 3 is 2.52 bits per heavy atom. The number of aromatic nitrogens is 2. The van der Waals surface area contributed by atoms with Crippen LogP contribution in [0.4, 0.5) is 0 Å². The summed E-state index contributed by atoms with van der Waals surface area (Å²) in [6.45, 7) is 7.34. The second kappa shape index (κ2) is 10.2. The summed E-state index contributed by atoms with van der Waals surface area (Å²) in [4.78, 5) is 28.9. The smallest absolute Gasteiger partial charge is 0.289 e. The van der Waals surface area contributed by atoms with E-state index in [1.54, 1.807) is 11.0 Å². The second-order valence-corrected chi connectivity index (χ2v) is 9.46. The van der Waals surface area contributed by atoms with Crippen molar-refractivity contribution in [1.82, 2.24) is 20.0 Å². The molecule has 3 aromatic rings. The lowest BCUT2D eigenvalue weighted by Crippen LogP contribution is -2.56. The number of benzene rings is 1. The molecule has 0 aliphatic carbocycles. The Morgan fingerprint density at radius 2 is 1.85 bits per heavy atom. The number of carbonyl (C=O) groups excluding carboxylic acids is 2. The quantitative estimate of drug-likeness (QED) is 0.505. The molecule has 1 aromatic carbocycles. The molecule has 1 unspecified atom stereocenters. The van der Waals surface area contributed by atoms with Crippen LogP contribution in [0, 0.1) is 5.92 Å². The number of amides is 2. The van der Waals surface area contributed by atoms with E-state index in [1.807, 2.05) is 74.2 Å². The largest absolute Gasteiger partial charge is 0.455 e. The molecular weight excluding hydrogens is 436 g/mol. The van der Waals surface area contributed by atoms with E-state index in [-0.39, 0.29) is 23.8 Å². The van der Waals surface area contributed by atoms with Gasteiger partial charge in [0.2, 0.25) is 5.91 Å². The minimum Gasteiger partial charge on any atom is -0.455 e. The van der Waals surface area contributed by atoms with Crippen molar-refractivity contribution in [2.45, 2.75) is 37.6 Å². The topological polar surface area (TPSA) is 79.5 Å². The minimum absolute atomic E-state index is 0.0139. The maximum atomic E-state index is 12.9. The molecule has 1 atom stereocenters. The van der Waals surface area contributed by atoms with E-state index in [9.17, 15) is 9.59 Å². The van der Waals surface area contributed by atoms with Gasteiger partial charge in [0.25, 0.3) is 5.91 Å². The van der Waals surface area contributed by atoms with Crippen LogP contribution < -0.4 is 0 Å².